The number of ketones is 1. The van der Waals surface area contributed by atoms with Crippen LogP contribution in [0.15, 0.2) is 64.6 Å². The summed E-state index contributed by atoms with van der Waals surface area (Å²) >= 11 is 1.22. The maximum atomic E-state index is 13.4. The summed E-state index contributed by atoms with van der Waals surface area (Å²) in [6.07, 6.45) is 5.45. The minimum atomic E-state index is -0.791. The molecular formula is C26H26N4O3S. The Bertz CT molecular complexity index is 1170. The van der Waals surface area contributed by atoms with E-state index in [1.165, 1.54) is 23.1 Å². The van der Waals surface area contributed by atoms with Gasteiger partial charge in [-0.2, -0.15) is 0 Å². The van der Waals surface area contributed by atoms with Crippen molar-refractivity contribution in [2.24, 2.45) is 9.98 Å². The maximum absolute atomic E-state index is 13.4. The van der Waals surface area contributed by atoms with Crippen LogP contribution in [-0.2, 0) is 9.59 Å². The Hall–Kier alpha value is -3.26. The summed E-state index contributed by atoms with van der Waals surface area (Å²) in [7, 11) is 0. The highest BCUT2D eigenvalue weighted by atomic mass is 32.2. The van der Waals surface area contributed by atoms with Gasteiger partial charge < -0.3 is 5.32 Å². The van der Waals surface area contributed by atoms with E-state index in [0.29, 0.717) is 22.3 Å². The van der Waals surface area contributed by atoms with E-state index in [0.717, 1.165) is 31.2 Å². The van der Waals surface area contributed by atoms with Crippen LogP contribution in [0, 0.1) is 0 Å². The number of para-hydroxylation sites is 1. The molecule has 3 aliphatic rings. The Morgan fingerprint density at radius 1 is 1.00 bits per heavy atom. The zero-order chi connectivity index (χ0) is 23.5. The predicted molar refractivity (Wildman–Crippen MR) is 134 cm³/mol. The van der Waals surface area contributed by atoms with Gasteiger partial charge in [-0.1, -0.05) is 73.5 Å². The molecule has 2 amide bonds. The SMILES string of the molecule is O=C(C[C@@H]1N=C2c3ccccc3N=C(SCC(=O)c3ccccc3)N2C1=O)NC1CCCCC1. The number of thioether (sulfide) groups is 1. The van der Waals surface area contributed by atoms with Crippen molar-refractivity contribution < 1.29 is 14.4 Å². The summed E-state index contributed by atoms with van der Waals surface area (Å²) in [5.41, 5.74) is 2.07. The summed E-state index contributed by atoms with van der Waals surface area (Å²) in [6.45, 7) is 0. The summed E-state index contributed by atoms with van der Waals surface area (Å²) in [5, 5.41) is 3.50. The Morgan fingerprint density at radius 3 is 2.53 bits per heavy atom. The molecule has 2 aliphatic heterocycles. The van der Waals surface area contributed by atoms with Crippen molar-refractivity contribution in [3.05, 3.63) is 65.7 Å². The summed E-state index contributed by atoms with van der Waals surface area (Å²) in [5.74, 6) is 0.186. The van der Waals surface area contributed by atoms with Crippen LogP contribution in [0.3, 0.4) is 0 Å². The van der Waals surface area contributed by atoms with Crippen LogP contribution in [0.2, 0.25) is 0 Å². The quantitative estimate of drug-likeness (QED) is 0.638. The lowest BCUT2D eigenvalue weighted by Gasteiger charge is -2.25. The number of fused-ring (bicyclic) bond motifs is 3. The van der Waals surface area contributed by atoms with Crippen LogP contribution >= 0.6 is 11.8 Å². The number of hydrogen-bond acceptors (Lipinski definition) is 6. The average Bonchev–Trinajstić information content (AvgIpc) is 3.19. The first kappa shape index (κ1) is 22.5. The lowest BCUT2D eigenvalue weighted by atomic mass is 9.95. The molecule has 2 aromatic rings. The van der Waals surface area contributed by atoms with Crippen molar-refractivity contribution in [3.8, 4) is 0 Å². The van der Waals surface area contributed by atoms with Crippen LogP contribution < -0.4 is 5.32 Å². The highest BCUT2D eigenvalue weighted by Crippen LogP contribution is 2.34. The number of hydrogen-bond donors (Lipinski definition) is 1. The summed E-state index contributed by atoms with van der Waals surface area (Å²) in [6, 6.07) is 15.9. The van der Waals surface area contributed by atoms with Crippen LogP contribution in [-0.4, -0.2) is 51.3 Å². The van der Waals surface area contributed by atoms with Gasteiger partial charge in [-0.15, -0.1) is 0 Å². The van der Waals surface area contributed by atoms with E-state index in [2.05, 4.69) is 15.3 Å². The van der Waals surface area contributed by atoms with Crippen molar-refractivity contribution in [1.82, 2.24) is 10.2 Å². The largest absolute Gasteiger partial charge is 0.353 e. The van der Waals surface area contributed by atoms with E-state index in [9.17, 15) is 14.4 Å². The molecular weight excluding hydrogens is 448 g/mol. The van der Waals surface area contributed by atoms with Gasteiger partial charge in [-0.05, 0) is 25.0 Å². The number of nitrogens with zero attached hydrogens (tertiary/aromatic N) is 3. The molecule has 0 saturated heterocycles. The van der Waals surface area contributed by atoms with Gasteiger partial charge in [0.25, 0.3) is 5.91 Å². The standard InChI is InChI=1S/C26H26N4O3S/c31-22(17-9-3-1-4-10-17)16-34-26-29-20-14-8-7-13-19(20)24-28-21(25(33)30(24)26)15-23(32)27-18-11-5-2-6-12-18/h1,3-4,7-10,13-14,18,21H,2,5-6,11-12,15-16H2,(H,27,32)/t21-/m0/s1. The van der Waals surface area contributed by atoms with E-state index in [1.54, 1.807) is 12.1 Å². The van der Waals surface area contributed by atoms with E-state index in [4.69, 9.17) is 0 Å². The second-order valence-electron chi connectivity index (χ2n) is 8.74. The molecule has 1 aliphatic carbocycles. The molecule has 0 radical (unpaired) electrons. The first-order valence-electron chi connectivity index (χ1n) is 11.7. The Morgan fingerprint density at radius 2 is 1.74 bits per heavy atom. The van der Waals surface area contributed by atoms with Gasteiger partial charge in [0.05, 0.1) is 17.9 Å². The van der Waals surface area contributed by atoms with Crippen LogP contribution in [0.4, 0.5) is 5.69 Å². The molecule has 7 nitrogen and oxygen atoms in total. The van der Waals surface area contributed by atoms with Crippen molar-refractivity contribution in [2.45, 2.75) is 50.6 Å². The number of amidine groups is 2. The molecule has 0 aromatic heterocycles. The Labute approximate surface area is 202 Å². The van der Waals surface area contributed by atoms with Crippen molar-refractivity contribution in [3.63, 3.8) is 0 Å². The highest BCUT2D eigenvalue weighted by Gasteiger charge is 2.42. The van der Waals surface area contributed by atoms with Gasteiger partial charge in [-0.25, -0.2) is 9.89 Å². The van der Waals surface area contributed by atoms with Crippen molar-refractivity contribution in [1.29, 1.82) is 0 Å². The second-order valence-corrected chi connectivity index (χ2v) is 9.68. The molecule has 2 heterocycles. The van der Waals surface area contributed by atoms with Gasteiger partial charge in [0.1, 0.15) is 11.9 Å². The topological polar surface area (TPSA) is 91.2 Å². The normalized spacial score (nSPS) is 19.7. The number of benzene rings is 2. The van der Waals surface area contributed by atoms with Crippen LogP contribution in [0.5, 0.6) is 0 Å². The fourth-order valence-electron chi connectivity index (χ4n) is 4.58. The number of Topliss-reactive ketones (excluding diaryl/α,β-unsaturated/α-hetero) is 1. The summed E-state index contributed by atoms with van der Waals surface area (Å²) < 4.78 is 0. The highest BCUT2D eigenvalue weighted by molar-refractivity contribution is 8.14. The third kappa shape index (κ3) is 4.68. The number of rotatable bonds is 6. The molecule has 1 N–H and O–H groups in total. The second kappa shape index (κ2) is 9.93. The molecule has 0 bridgehead atoms. The van der Waals surface area contributed by atoms with Gasteiger partial charge in [-0.3, -0.25) is 19.4 Å². The van der Waals surface area contributed by atoms with E-state index in [-0.39, 0.29) is 35.8 Å². The van der Waals surface area contributed by atoms with Gasteiger partial charge in [0, 0.05) is 17.2 Å². The number of nitrogens with one attached hydrogen (secondary N) is 1. The lowest BCUT2D eigenvalue weighted by molar-refractivity contribution is -0.129. The number of aliphatic imine (C=N–C) groups is 2. The van der Waals surface area contributed by atoms with Gasteiger partial charge >= 0.3 is 0 Å². The minimum Gasteiger partial charge on any atom is -0.353 e. The smallest absolute Gasteiger partial charge is 0.259 e. The van der Waals surface area contributed by atoms with Gasteiger partial charge in [0.15, 0.2) is 11.0 Å². The summed E-state index contributed by atoms with van der Waals surface area (Å²) in [4.78, 5) is 49.5. The fraction of sp³-hybridized carbons (Fsp3) is 0.346. The molecule has 0 spiro atoms. The van der Waals surface area contributed by atoms with Gasteiger partial charge in [0.2, 0.25) is 5.91 Å². The molecule has 34 heavy (non-hydrogen) atoms. The first-order valence-corrected chi connectivity index (χ1v) is 12.7. The van der Waals surface area contributed by atoms with Crippen LogP contribution in [0.1, 0.15) is 54.4 Å². The number of carbonyl (C=O) groups excluding carboxylic acids is 3. The molecule has 1 atom stereocenters. The monoisotopic (exact) mass is 474 g/mol. The fourth-order valence-corrected chi connectivity index (χ4v) is 5.47. The Kier molecular flexibility index (Phi) is 6.58. The zero-order valence-electron chi connectivity index (χ0n) is 18.8. The van der Waals surface area contributed by atoms with E-state index < -0.39 is 6.04 Å². The predicted octanol–water partition coefficient (Wildman–Crippen LogP) is 4.10. The first-order chi connectivity index (χ1) is 16.6. The number of carbonyl (C=O) groups is 3. The van der Waals surface area contributed by atoms with Crippen LogP contribution in [0.25, 0.3) is 0 Å². The molecule has 2 aromatic carbocycles. The van der Waals surface area contributed by atoms with Crippen molar-refractivity contribution in [2.75, 3.05) is 5.75 Å². The third-order valence-corrected chi connectivity index (χ3v) is 7.26. The Balaban J connectivity index is 1.33. The van der Waals surface area contributed by atoms with E-state index >= 15 is 0 Å². The zero-order valence-corrected chi connectivity index (χ0v) is 19.6. The number of amides is 2. The molecule has 5 rings (SSSR count). The molecule has 0 unspecified atom stereocenters. The molecule has 8 heteroatoms. The molecule has 1 fully saturated rings. The van der Waals surface area contributed by atoms with E-state index in [1.807, 2.05) is 42.5 Å². The molecule has 174 valence electrons. The minimum absolute atomic E-state index is 0.0123. The molecule has 1 saturated carbocycles. The third-order valence-electron chi connectivity index (χ3n) is 6.32. The lowest BCUT2D eigenvalue weighted by Crippen LogP contribution is -2.43. The maximum Gasteiger partial charge on any atom is 0.259 e. The van der Waals surface area contributed by atoms with Crippen molar-refractivity contribution >= 4 is 46.1 Å². The average molecular weight is 475 g/mol.